The van der Waals surface area contributed by atoms with E-state index in [2.05, 4.69) is 31.2 Å². The maximum absolute atomic E-state index is 4.74. The Morgan fingerprint density at radius 1 is 1.10 bits per heavy atom. The first-order valence-corrected chi connectivity index (χ1v) is 7.11. The molecule has 0 aromatic carbocycles. The molecule has 1 fully saturated rings. The number of anilines is 1. The largest absolute Gasteiger partial charge is 0.353 e. The van der Waals surface area contributed by atoms with E-state index in [0.29, 0.717) is 0 Å². The number of aromatic nitrogens is 4. The zero-order valence-electron chi connectivity index (χ0n) is 11.6. The van der Waals surface area contributed by atoms with Gasteiger partial charge in [-0.15, -0.1) is 0 Å². The van der Waals surface area contributed by atoms with Crippen LogP contribution in [0.25, 0.3) is 22.3 Å². The molecule has 3 aromatic heterocycles. The Hall–Kier alpha value is -2.47. The molecule has 0 atom stereocenters. The highest BCUT2D eigenvalue weighted by Crippen LogP contribution is 2.22. The molecule has 2 N–H and O–H groups in total. The second-order valence-electron chi connectivity index (χ2n) is 5.14. The van der Waals surface area contributed by atoms with Crippen LogP contribution in [0, 0.1) is 0 Å². The fourth-order valence-corrected chi connectivity index (χ4v) is 2.62. The molecule has 0 spiro atoms. The molecule has 1 aliphatic rings. The first-order valence-electron chi connectivity index (χ1n) is 7.11. The van der Waals surface area contributed by atoms with E-state index in [0.717, 1.165) is 54.3 Å². The first-order chi connectivity index (χ1) is 10.4. The van der Waals surface area contributed by atoms with E-state index in [4.69, 9.17) is 4.98 Å². The Morgan fingerprint density at radius 3 is 2.90 bits per heavy atom. The number of pyridine rings is 1. The predicted octanol–water partition coefficient (Wildman–Crippen LogP) is 1.43. The van der Waals surface area contributed by atoms with Gasteiger partial charge >= 0.3 is 0 Å². The van der Waals surface area contributed by atoms with E-state index < -0.39 is 0 Å². The summed E-state index contributed by atoms with van der Waals surface area (Å²) in [4.78, 5) is 18.9. The summed E-state index contributed by atoms with van der Waals surface area (Å²) >= 11 is 0. The van der Waals surface area contributed by atoms with Gasteiger partial charge in [-0.3, -0.25) is 4.98 Å². The van der Waals surface area contributed by atoms with Crippen molar-refractivity contribution in [3.05, 3.63) is 36.9 Å². The van der Waals surface area contributed by atoms with E-state index in [9.17, 15) is 0 Å². The van der Waals surface area contributed by atoms with E-state index in [1.165, 1.54) is 0 Å². The number of nitrogens with one attached hydrogen (secondary N) is 2. The lowest BCUT2D eigenvalue weighted by atomic mass is 10.2. The topological polar surface area (TPSA) is 69.7 Å². The molecule has 0 aliphatic carbocycles. The number of rotatable bonds is 2. The van der Waals surface area contributed by atoms with Gasteiger partial charge in [-0.05, 0) is 12.1 Å². The van der Waals surface area contributed by atoms with Crippen molar-refractivity contribution < 1.29 is 0 Å². The first kappa shape index (κ1) is 12.3. The van der Waals surface area contributed by atoms with Crippen molar-refractivity contribution in [1.82, 2.24) is 25.3 Å². The molecule has 0 bridgehead atoms. The summed E-state index contributed by atoms with van der Waals surface area (Å²) < 4.78 is 0. The van der Waals surface area contributed by atoms with Gasteiger partial charge in [0, 0.05) is 49.5 Å². The minimum Gasteiger partial charge on any atom is -0.353 e. The monoisotopic (exact) mass is 280 g/mol. The number of piperazine rings is 1. The molecule has 6 heteroatoms. The van der Waals surface area contributed by atoms with Crippen LogP contribution in [0.2, 0.25) is 0 Å². The highest BCUT2D eigenvalue weighted by Gasteiger charge is 2.13. The van der Waals surface area contributed by atoms with Gasteiger partial charge in [-0.2, -0.15) is 0 Å². The molecule has 3 aromatic rings. The molecule has 0 amide bonds. The molecule has 106 valence electrons. The molecule has 21 heavy (non-hydrogen) atoms. The predicted molar refractivity (Wildman–Crippen MR) is 82.2 cm³/mol. The number of hydrogen-bond donors (Lipinski definition) is 2. The van der Waals surface area contributed by atoms with Crippen LogP contribution in [0.15, 0.2) is 36.9 Å². The summed E-state index contributed by atoms with van der Waals surface area (Å²) in [6.07, 6.45) is 7.35. The number of nitrogens with zero attached hydrogens (tertiary/aromatic N) is 4. The molecule has 4 heterocycles. The molecule has 4 rings (SSSR count). The van der Waals surface area contributed by atoms with Crippen LogP contribution < -0.4 is 10.2 Å². The summed E-state index contributed by atoms with van der Waals surface area (Å²) in [6, 6.07) is 4.10. The zero-order valence-corrected chi connectivity index (χ0v) is 11.6. The van der Waals surface area contributed by atoms with Crippen molar-refractivity contribution >= 4 is 16.9 Å². The Bertz CT molecular complexity index is 759. The Morgan fingerprint density at radius 2 is 2.00 bits per heavy atom. The second kappa shape index (κ2) is 5.14. The van der Waals surface area contributed by atoms with Crippen LogP contribution in [-0.4, -0.2) is 46.1 Å². The highest BCUT2D eigenvalue weighted by atomic mass is 15.2. The van der Waals surface area contributed by atoms with E-state index >= 15 is 0 Å². The molecule has 6 nitrogen and oxygen atoms in total. The Labute approximate surface area is 122 Å². The summed E-state index contributed by atoms with van der Waals surface area (Å²) in [7, 11) is 0. The van der Waals surface area contributed by atoms with Gasteiger partial charge in [0.1, 0.15) is 11.5 Å². The van der Waals surface area contributed by atoms with Gasteiger partial charge in [-0.25, -0.2) is 9.97 Å². The summed E-state index contributed by atoms with van der Waals surface area (Å²) in [5, 5.41) is 4.43. The average molecular weight is 280 g/mol. The molecule has 0 saturated carbocycles. The van der Waals surface area contributed by atoms with Crippen molar-refractivity contribution in [3.63, 3.8) is 0 Å². The minimum atomic E-state index is 0.863. The van der Waals surface area contributed by atoms with Crippen molar-refractivity contribution in [2.75, 3.05) is 31.1 Å². The van der Waals surface area contributed by atoms with Gasteiger partial charge < -0.3 is 15.2 Å². The molecular formula is C15H16N6. The Balaban J connectivity index is 1.70. The van der Waals surface area contributed by atoms with Gasteiger partial charge in [-0.1, -0.05) is 0 Å². The lowest BCUT2D eigenvalue weighted by Gasteiger charge is -2.28. The third-order valence-corrected chi connectivity index (χ3v) is 3.76. The standard InChI is InChI=1S/C15H16N6/c1-2-18-15-11(1)7-12(8-19-15)13-9-17-10-14(20-13)21-5-3-16-4-6-21/h1-2,7-10,16H,3-6H2,(H,18,19). The number of aromatic amines is 1. The lowest BCUT2D eigenvalue weighted by molar-refractivity contribution is 0.584. The number of fused-ring (bicyclic) bond motifs is 1. The van der Waals surface area contributed by atoms with Gasteiger partial charge in [0.25, 0.3) is 0 Å². The van der Waals surface area contributed by atoms with E-state index in [1.54, 1.807) is 6.20 Å². The molecule has 1 saturated heterocycles. The van der Waals surface area contributed by atoms with Gasteiger partial charge in [0.15, 0.2) is 0 Å². The van der Waals surface area contributed by atoms with Crippen LogP contribution in [-0.2, 0) is 0 Å². The fraction of sp³-hybridized carbons (Fsp3) is 0.267. The van der Waals surface area contributed by atoms with E-state index in [1.807, 2.05) is 24.7 Å². The quantitative estimate of drug-likeness (QED) is 0.743. The maximum atomic E-state index is 4.74. The normalized spacial score (nSPS) is 15.5. The zero-order chi connectivity index (χ0) is 14.1. The van der Waals surface area contributed by atoms with Crippen LogP contribution in [0.5, 0.6) is 0 Å². The smallest absolute Gasteiger partial charge is 0.147 e. The van der Waals surface area contributed by atoms with Crippen LogP contribution >= 0.6 is 0 Å². The van der Waals surface area contributed by atoms with Gasteiger partial charge in [0.2, 0.25) is 0 Å². The maximum Gasteiger partial charge on any atom is 0.147 e. The molecule has 0 radical (unpaired) electrons. The lowest BCUT2D eigenvalue weighted by Crippen LogP contribution is -2.43. The van der Waals surface area contributed by atoms with Crippen LogP contribution in [0.4, 0.5) is 5.82 Å². The second-order valence-corrected chi connectivity index (χ2v) is 5.14. The highest BCUT2D eigenvalue weighted by molar-refractivity contribution is 5.80. The fourth-order valence-electron chi connectivity index (χ4n) is 2.62. The molecule has 0 unspecified atom stereocenters. The van der Waals surface area contributed by atoms with Crippen molar-refractivity contribution in [2.24, 2.45) is 0 Å². The van der Waals surface area contributed by atoms with Crippen LogP contribution in [0.1, 0.15) is 0 Å². The van der Waals surface area contributed by atoms with Gasteiger partial charge in [0.05, 0.1) is 18.1 Å². The van der Waals surface area contributed by atoms with Crippen molar-refractivity contribution in [2.45, 2.75) is 0 Å². The number of hydrogen-bond acceptors (Lipinski definition) is 5. The molecule has 1 aliphatic heterocycles. The Kier molecular flexibility index (Phi) is 3.01. The summed E-state index contributed by atoms with van der Waals surface area (Å²) in [5.74, 6) is 0.933. The number of H-pyrrole nitrogens is 1. The SMILES string of the molecule is c1cc2cc(-c3cncc(N4CCNCC4)n3)cnc2[nH]1. The summed E-state index contributed by atoms with van der Waals surface area (Å²) in [5.41, 5.74) is 2.75. The average Bonchev–Trinajstić information content (AvgIpc) is 3.03. The van der Waals surface area contributed by atoms with Crippen molar-refractivity contribution in [1.29, 1.82) is 0 Å². The third kappa shape index (κ3) is 2.34. The molecular weight excluding hydrogens is 264 g/mol. The minimum absolute atomic E-state index is 0.863. The van der Waals surface area contributed by atoms with Crippen LogP contribution in [0.3, 0.4) is 0 Å². The van der Waals surface area contributed by atoms with E-state index in [-0.39, 0.29) is 0 Å². The third-order valence-electron chi connectivity index (χ3n) is 3.76. The van der Waals surface area contributed by atoms with Crippen molar-refractivity contribution in [3.8, 4) is 11.3 Å². The summed E-state index contributed by atoms with van der Waals surface area (Å²) in [6.45, 7) is 3.91.